The molecule has 0 bridgehead atoms. The zero-order valence-electron chi connectivity index (χ0n) is 16.0. The SMILES string of the molecule is CCC(O)C(C)C(O)CC(OC(=O)c1ccccc1)OC(=O)c1ccccc1. The van der Waals surface area contributed by atoms with E-state index in [9.17, 15) is 19.8 Å². The van der Waals surface area contributed by atoms with Gasteiger partial charge in [0.15, 0.2) is 0 Å². The van der Waals surface area contributed by atoms with Crippen molar-refractivity contribution in [1.82, 2.24) is 0 Å². The number of aliphatic hydroxyl groups excluding tert-OH is 2. The highest BCUT2D eigenvalue weighted by molar-refractivity contribution is 5.90. The van der Waals surface area contributed by atoms with Crippen LogP contribution in [0, 0.1) is 5.92 Å². The minimum Gasteiger partial charge on any atom is -0.421 e. The van der Waals surface area contributed by atoms with Crippen LogP contribution in [0.25, 0.3) is 0 Å². The lowest BCUT2D eigenvalue weighted by atomic mass is 9.94. The maximum Gasteiger partial charge on any atom is 0.341 e. The van der Waals surface area contributed by atoms with Crippen molar-refractivity contribution in [3.05, 3.63) is 71.8 Å². The van der Waals surface area contributed by atoms with Crippen LogP contribution in [0.2, 0.25) is 0 Å². The van der Waals surface area contributed by atoms with E-state index in [2.05, 4.69) is 0 Å². The molecule has 0 aliphatic heterocycles. The molecule has 2 rings (SSSR count). The highest BCUT2D eigenvalue weighted by Gasteiger charge is 2.29. The summed E-state index contributed by atoms with van der Waals surface area (Å²) >= 11 is 0. The number of ether oxygens (including phenoxy) is 2. The smallest absolute Gasteiger partial charge is 0.341 e. The van der Waals surface area contributed by atoms with Gasteiger partial charge in [-0.2, -0.15) is 0 Å². The molecule has 0 fully saturated rings. The second-order valence-corrected chi connectivity index (χ2v) is 6.61. The molecule has 0 amide bonds. The second-order valence-electron chi connectivity index (χ2n) is 6.61. The molecule has 6 heteroatoms. The lowest BCUT2D eigenvalue weighted by Gasteiger charge is -2.26. The Labute approximate surface area is 164 Å². The summed E-state index contributed by atoms with van der Waals surface area (Å²) in [6, 6.07) is 16.6. The Hall–Kier alpha value is -2.70. The third kappa shape index (κ3) is 6.18. The Morgan fingerprint density at radius 3 is 1.64 bits per heavy atom. The van der Waals surface area contributed by atoms with E-state index in [0.717, 1.165) is 0 Å². The van der Waals surface area contributed by atoms with Crippen LogP contribution in [0.3, 0.4) is 0 Å². The summed E-state index contributed by atoms with van der Waals surface area (Å²) in [4.78, 5) is 24.7. The molecule has 150 valence electrons. The summed E-state index contributed by atoms with van der Waals surface area (Å²) in [7, 11) is 0. The Morgan fingerprint density at radius 2 is 1.25 bits per heavy atom. The Balaban J connectivity index is 2.12. The number of hydrogen-bond donors (Lipinski definition) is 2. The van der Waals surface area contributed by atoms with Crippen LogP contribution in [0.15, 0.2) is 60.7 Å². The van der Waals surface area contributed by atoms with E-state index in [1.807, 2.05) is 0 Å². The number of aliphatic hydroxyl groups is 2. The Bertz CT molecular complexity index is 693. The molecular weight excluding hydrogens is 360 g/mol. The van der Waals surface area contributed by atoms with Crippen LogP contribution in [-0.4, -0.2) is 40.6 Å². The van der Waals surface area contributed by atoms with Crippen LogP contribution in [0.1, 0.15) is 47.4 Å². The molecule has 0 heterocycles. The van der Waals surface area contributed by atoms with Crippen molar-refractivity contribution in [1.29, 1.82) is 0 Å². The van der Waals surface area contributed by atoms with Crippen molar-refractivity contribution in [3.8, 4) is 0 Å². The summed E-state index contributed by atoms with van der Waals surface area (Å²) in [5, 5.41) is 20.4. The van der Waals surface area contributed by atoms with Crippen LogP contribution >= 0.6 is 0 Å². The first-order valence-electron chi connectivity index (χ1n) is 9.30. The topological polar surface area (TPSA) is 93.1 Å². The molecule has 6 nitrogen and oxygen atoms in total. The van der Waals surface area contributed by atoms with Crippen molar-refractivity contribution in [2.24, 2.45) is 5.92 Å². The van der Waals surface area contributed by atoms with E-state index in [4.69, 9.17) is 9.47 Å². The summed E-state index contributed by atoms with van der Waals surface area (Å²) in [6.45, 7) is 3.49. The predicted molar refractivity (Wildman–Crippen MR) is 104 cm³/mol. The maximum absolute atomic E-state index is 12.4. The van der Waals surface area contributed by atoms with Gasteiger partial charge in [0.25, 0.3) is 6.29 Å². The number of carbonyl (C=O) groups excluding carboxylic acids is 2. The average Bonchev–Trinajstić information content (AvgIpc) is 2.73. The number of benzene rings is 2. The van der Waals surface area contributed by atoms with E-state index in [1.54, 1.807) is 74.5 Å². The normalized spacial score (nSPS) is 14.2. The monoisotopic (exact) mass is 386 g/mol. The largest absolute Gasteiger partial charge is 0.421 e. The Kier molecular flexibility index (Phi) is 8.17. The van der Waals surface area contributed by atoms with Gasteiger partial charge in [-0.05, 0) is 30.7 Å². The molecule has 2 aromatic rings. The van der Waals surface area contributed by atoms with E-state index in [1.165, 1.54) is 0 Å². The molecule has 2 N–H and O–H groups in total. The van der Waals surface area contributed by atoms with Crippen molar-refractivity contribution in [3.63, 3.8) is 0 Å². The van der Waals surface area contributed by atoms with Crippen LogP contribution in [0.4, 0.5) is 0 Å². The molecule has 0 radical (unpaired) electrons. The molecule has 0 saturated heterocycles. The standard InChI is InChI=1S/C22H26O6/c1-3-18(23)15(2)19(24)14-20(27-21(25)16-10-6-4-7-11-16)28-22(26)17-12-8-5-9-13-17/h4-13,15,18-20,23-24H,3,14H2,1-2H3. The van der Waals surface area contributed by atoms with Gasteiger partial charge >= 0.3 is 11.9 Å². The van der Waals surface area contributed by atoms with Crippen molar-refractivity contribution >= 4 is 11.9 Å². The van der Waals surface area contributed by atoms with Crippen LogP contribution in [-0.2, 0) is 9.47 Å². The second kappa shape index (κ2) is 10.6. The van der Waals surface area contributed by atoms with Crippen molar-refractivity contribution in [2.45, 2.75) is 45.2 Å². The molecule has 0 saturated carbocycles. The highest BCUT2D eigenvalue weighted by atomic mass is 16.7. The van der Waals surface area contributed by atoms with Gasteiger partial charge in [-0.25, -0.2) is 9.59 Å². The molecule has 0 aliphatic rings. The van der Waals surface area contributed by atoms with Gasteiger partial charge in [0.05, 0.1) is 23.3 Å². The summed E-state index contributed by atoms with van der Waals surface area (Å²) in [6.07, 6.45) is -2.70. The van der Waals surface area contributed by atoms with Crippen molar-refractivity contribution in [2.75, 3.05) is 0 Å². The van der Waals surface area contributed by atoms with Gasteiger partial charge in [-0.15, -0.1) is 0 Å². The quantitative estimate of drug-likeness (QED) is 0.508. The fourth-order valence-corrected chi connectivity index (χ4v) is 2.68. The van der Waals surface area contributed by atoms with E-state index < -0.39 is 36.4 Å². The third-order valence-electron chi connectivity index (χ3n) is 4.56. The lowest BCUT2D eigenvalue weighted by molar-refractivity contribution is -0.108. The van der Waals surface area contributed by atoms with Gasteiger partial charge in [-0.3, -0.25) is 0 Å². The molecule has 0 aromatic heterocycles. The number of rotatable bonds is 9. The Morgan fingerprint density at radius 1 is 0.821 bits per heavy atom. The third-order valence-corrected chi connectivity index (χ3v) is 4.56. The van der Waals surface area contributed by atoms with Crippen LogP contribution in [0.5, 0.6) is 0 Å². The highest BCUT2D eigenvalue weighted by Crippen LogP contribution is 2.19. The van der Waals surface area contributed by atoms with Gasteiger partial charge in [0, 0.05) is 12.3 Å². The van der Waals surface area contributed by atoms with E-state index in [0.29, 0.717) is 17.5 Å². The minimum atomic E-state index is -1.29. The van der Waals surface area contributed by atoms with Gasteiger partial charge < -0.3 is 19.7 Å². The molecule has 28 heavy (non-hydrogen) atoms. The average molecular weight is 386 g/mol. The molecule has 3 unspecified atom stereocenters. The molecular formula is C22H26O6. The fourth-order valence-electron chi connectivity index (χ4n) is 2.68. The first kappa shape index (κ1) is 21.6. The number of hydrogen-bond acceptors (Lipinski definition) is 6. The molecule has 0 spiro atoms. The van der Waals surface area contributed by atoms with E-state index in [-0.39, 0.29) is 6.42 Å². The summed E-state index contributed by atoms with van der Waals surface area (Å²) < 4.78 is 10.7. The predicted octanol–water partition coefficient (Wildman–Crippen LogP) is 3.18. The summed E-state index contributed by atoms with van der Waals surface area (Å²) in [5.41, 5.74) is 0.610. The van der Waals surface area contributed by atoms with Gasteiger partial charge in [-0.1, -0.05) is 50.2 Å². The maximum atomic E-state index is 12.4. The zero-order chi connectivity index (χ0) is 20.5. The van der Waals surface area contributed by atoms with Gasteiger partial charge in [0.1, 0.15) is 0 Å². The van der Waals surface area contributed by atoms with E-state index >= 15 is 0 Å². The molecule has 3 atom stereocenters. The number of carbonyl (C=O) groups is 2. The summed E-state index contributed by atoms with van der Waals surface area (Å²) in [5.74, 6) is -1.80. The first-order chi connectivity index (χ1) is 13.4. The molecule has 0 aliphatic carbocycles. The van der Waals surface area contributed by atoms with Gasteiger partial charge in [0.2, 0.25) is 0 Å². The van der Waals surface area contributed by atoms with Crippen LogP contribution < -0.4 is 0 Å². The first-order valence-corrected chi connectivity index (χ1v) is 9.30. The lowest BCUT2D eigenvalue weighted by Crippen LogP contribution is -2.35. The molecule has 2 aromatic carbocycles. The van der Waals surface area contributed by atoms with Crippen molar-refractivity contribution < 1.29 is 29.3 Å². The minimum absolute atomic E-state index is 0.143. The zero-order valence-corrected chi connectivity index (χ0v) is 16.0. The fraction of sp³-hybridized carbons (Fsp3) is 0.364. The number of esters is 2.